The molecule has 0 amide bonds. The predicted octanol–water partition coefficient (Wildman–Crippen LogP) is 2.53. The summed E-state index contributed by atoms with van der Waals surface area (Å²) in [6.45, 7) is 6.91. The van der Waals surface area contributed by atoms with E-state index >= 15 is 0 Å². The fraction of sp³-hybridized carbons (Fsp3) is 0.909. The molecular weight excluding hydrogens is 180 g/mol. The molecule has 0 N–H and O–H groups in total. The van der Waals surface area contributed by atoms with Crippen LogP contribution in [-0.2, 0) is 14.3 Å². The molecule has 0 aliphatic heterocycles. The van der Waals surface area contributed by atoms with Gasteiger partial charge >= 0.3 is 5.97 Å². The van der Waals surface area contributed by atoms with Gasteiger partial charge in [0.15, 0.2) is 0 Å². The summed E-state index contributed by atoms with van der Waals surface area (Å²) in [6.07, 6.45) is 3.34. The molecule has 3 heteroatoms. The van der Waals surface area contributed by atoms with Gasteiger partial charge in [-0.2, -0.15) is 0 Å². The van der Waals surface area contributed by atoms with Crippen LogP contribution in [0.4, 0.5) is 0 Å². The third-order valence-corrected chi connectivity index (χ3v) is 2.15. The molecule has 0 radical (unpaired) electrons. The zero-order valence-corrected chi connectivity index (χ0v) is 9.76. The zero-order valence-electron chi connectivity index (χ0n) is 9.76. The number of esters is 1. The molecule has 0 aromatic heterocycles. The molecule has 3 nitrogen and oxygen atoms in total. The Balaban J connectivity index is 3.65. The van der Waals surface area contributed by atoms with E-state index in [-0.39, 0.29) is 11.6 Å². The number of ether oxygens (including phenoxy) is 2. The minimum absolute atomic E-state index is 0.169. The van der Waals surface area contributed by atoms with Crippen molar-refractivity contribution in [3.63, 3.8) is 0 Å². The zero-order chi connectivity index (χ0) is 11.0. The average molecular weight is 202 g/mol. The van der Waals surface area contributed by atoms with Crippen LogP contribution in [0.25, 0.3) is 0 Å². The average Bonchev–Trinajstić information content (AvgIpc) is 2.14. The maximum absolute atomic E-state index is 10.9. The highest BCUT2D eigenvalue weighted by Crippen LogP contribution is 2.17. The van der Waals surface area contributed by atoms with Gasteiger partial charge in [-0.3, -0.25) is 4.79 Å². The van der Waals surface area contributed by atoms with E-state index in [1.54, 1.807) is 0 Å². The number of carbonyl (C=O) groups excluding carboxylic acids is 1. The standard InChI is InChI=1S/C11H22O3/c1-5-6-9-14-11(2,3)8-7-10(12)13-4/h5-9H2,1-4H3. The van der Waals surface area contributed by atoms with Gasteiger partial charge in [0.2, 0.25) is 0 Å². The summed E-state index contributed by atoms with van der Waals surface area (Å²) in [7, 11) is 1.41. The SMILES string of the molecule is CCCCOC(C)(C)CCC(=O)OC. The molecule has 0 aromatic carbocycles. The molecule has 0 fully saturated rings. The second-order valence-corrected chi connectivity index (χ2v) is 4.04. The predicted molar refractivity (Wildman–Crippen MR) is 56.2 cm³/mol. The van der Waals surface area contributed by atoms with Crippen LogP contribution >= 0.6 is 0 Å². The van der Waals surface area contributed by atoms with Crippen molar-refractivity contribution in [3.8, 4) is 0 Å². The smallest absolute Gasteiger partial charge is 0.305 e. The molecule has 0 unspecified atom stereocenters. The van der Waals surface area contributed by atoms with Gasteiger partial charge in [-0.05, 0) is 26.7 Å². The van der Waals surface area contributed by atoms with E-state index in [9.17, 15) is 4.79 Å². The van der Waals surface area contributed by atoms with Gasteiger partial charge in [0, 0.05) is 13.0 Å². The van der Waals surface area contributed by atoms with Gasteiger partial charge in [0.05, 0.1) is 12.7 Å². The van der Waals surface area contributed by atoms with Crippen LogP contribution in [-0.4, -0.2) is 25.3 Å². The van der Waals surface area contributed by atoms with Gasteiger partial charge < -0.3 is 9.47 Å². The van der Waals surface area contributed by atoms with Crippen molar-refractivity contribution >= 4 is 5.97 Å². The Hall–Kier alpha value is -0.570. The van der Waals surface area contributed by atoms with E-state index in [0.29, 0.717) is 12.8 Å². The van der Waals surface area contributed by atoms with Crippen LogP contribution in [0.2, 0.25) is 0 Å². The molecule has 0 aromatic rings. The van der Waals surface area contributed by atoms with E-state index < -0.39 is 0 Å². The van der Waals surface area contributed by atoms with E-state index in [2.05, 4.69) is 11.7 Å². The summed E-state index contributed by atoms with van der Waals surface area (Å²) in [6, 6.07) is 0. The lowest BCUT2D eigenvalue weighted by Crippen LogP contribution is -2.26. The van der Waals surface area contributed by atoms with Crippen molar-refractivity contribution in [2.75, 3.05) is 13.7 Å². The van der Waals surface area contributed by atoms with Crippen LogP contribution in [0.1, 0.15) is 46.5 Å². The van der Waals surface area contributed by atoms with Crippen LogP contribution in [0, 0.1) is 0 Å². The Labute approximate surface area is 86.8 Å². The molecule has 0 aliphatic carbocycles. The van der Waals surface area contributed by atoms with E-state index in [0.717, 1.165) is 19.4 Å². The highest BCUT2D eigenvalue weighted by molar-refractivity contribution is 5.69. The van der Waals surface area contributed by atoms with Gasteiger partial charge in [0.25, 0.3) is 0 Å². The van der Waals surface area contributed by atoms with Crippen molar-refractivity contribution in [1.82, 2.24) is 0 Å². The lowest BCUT2D eigenvalue weighted by Gasteiger charge is -2.24. The molecule has 0 atom stereocenters. The number of rotatable bonds is 7. The van der Waals surface area contributed by atoms with Gasteiger partial charge in [0.1, 0.15) is 0 Å². The maximum Gasteiger partial charge on any atom is 0.305 e. The third kappa shape index (κ3) is 6.89. The molecule has 84 valence electrons. The van der Waals surface area contributed by atoms with Crippen molar-refractivity contribution < 1.29 is 14.3 Å². The number of hydrogen-bond donors (Lipinski definition) is 0. The number of methoxy groups -OCH3 is 1. The highest BCUT2D eigenvalue weighted by atomic mass is 16.5. The van der Waals surface area contributed by atoms with Crippen molar-refractivity contribution in [3.05, 3.63) is 0 Å². The molecule has 0 saturated heterocycles. The monoisotopic (exact) mass is 202 g/mol. The number of hydrogen-bond acceptors (Lipinski definition) is 3. The summed E-state index contributed by atoms with van der Waals surface area (Å²) in [4.78, 5) is 10.9. The van der Waals surface area contributed by atoms with Crippen LogP contribution < -0.4 is 0 Å². The van der Waals surface area contributed by atoms with Crippen LogP contribution in [0.3, 0.4) is 0 Å². The summed E-state index contributed by atoms with van der Waals surface area (Å²) >= 11 is 0. The first-order valence-corrected chi connectivity index (χ1v) is 5.22. The first-order chi connectivity index (χ1) is 6.52. The largest absolute Gasteiger partial charge is 0.469 e. The Kier molecular flexibility index (Phi) is 6.54. The van der Waals surface area contributed by atoms with E-state index in [1.165, 1.54) is 7.11 Å². The summed E-state index contributed by atoms with van der Waals surface area (Å²) < 4.78 is 10.2. The van der Waals surface area contributed by atoms with Crippen LogP contribution in [0.5, 0.6) is 0 Å². The minimum atomic E-state index is -0.219. The second kappa shape index (κ2) is 6.82. The fourth-order valence-electron chi connectivity index (χ4n) is 1.07. The Morgan fingerprint density at radius 3 is 2.50 bits per heavy atom. The maximum atomic E-state index is 10.9. The highest BCUT2D eigenvalue weighted by Gasteiger charge is 2.19. The van der Waals surface area contributed by atoms with Crippen LogP contribution in [0.15, 0.2) is 0 Å². The quantitative estimate of drug-likeness (QED) is 0.470. The first-order valence-electron chi connectivity index (χ1n) is 5.22. The van der Waals surface area contributed by atoms with Gasteiger partial charge in [-0.15, -0.1) is 0 Å². The lowest BCUT2D eigenvalue weighted by atomic mass is 10.0. The molecule has 0 bridgehead atoms. The van der Waals surface area contributed by atoms with Crippen molar-refractivity contribution in [2.45, 2.75) is 52.1 Å². The lowest BCUT2D eigenvalue weighted by molar-refractivity contribution is -0.142. The normalized spacial score (nSPS) is 11.4. The molecular formula is C11H22O3. The molecule has 0 spiro atoms. The Morgan fingerprint density at radius 1 is 1.36 bits per heavy atom. The van der Waals surface area contributed by atoms with E-state index in [1.807, 2.05) is 13.8 Å². The van der Waals surface area contributed by atoms with Crippen molar-refractivity contribution in [2.24, 2.45) is 0 Å². The second-order valence-electron chi connectivity index (χ2n) is 4.04. The number of unbranched alkanes of at least 4 members (excludes halogenated alkanes) is 1. The molecule has 14 heavy (non-hydrogen) atoms. The molecule has 0 aliphatic rings. The number of carbonyl (C=O) groups is 1. The molecule has 0 rings (SSSR count). The topological polar surface area (TPSA) is 35.5 Å². The van der Waals surface area contributed by atoms with Gasteiger partial charge in [-0.1, -0.05) is 13.3 Å². The van der Waals surface area contributed by atoms with Crippen molar-refractivity contribution in [1.29, 1.82) is 0 Å². The molecule has 0 saturated carbocycles. The minimum Gasteiger partial charge on any atom is -0.469 e. The third-order valence-electron chi connectivity index (χ3n) is 2.15. The Bertz CT molecular complexity index is 164. The van der Waals surface area contributed by atoms with E-state index in [4.69, 9.17) is 4.74 Å². The summed E-state index contributed by atoms with van der Waals surface area (Å²) in [5, 5.41) is 0. The summed E-state index contributed by atoms with van der Waals surface area (Å²) in [5.41, 5.74) is -0.219. The summed E-state index contributed by atoms with van der Waals surface area (Å²) in [5.74, 6) is -0.169. The first kappa shape index (κ1) is 13.4. The van der Waals surface area contributed by atoms with Gasteiger partial charge in [-0.25, -0.2) is 0 Å². The Morgan fingerprint density at radius 2 is 2.00 bits per heavy atom. The molecule has 0 heterocycles. The fourth-order valence-corrected chi connectivity index (χ4v) is 1.07.